The molecule has 1 N–H and O–H groups in total. The monoisotopic (exact) mass is 389 g/mol. The molecule has 1 heterocycles. The van der Waals surface area contributed by atoms with Gasteiger partial charge in [0.15, 0.2) is 17.2 Å². The summed E-state index contributed by atoms with van der Waals surface area (Å²) in [6, 6.07) is 7.95. The Morgan fingerprint density at radius 3 is 2.67 bits per heavy atom. The van der Waals surface area contributed by atoms with E-state index in [0.29, 0.717) is 11.5 Å². The second-order valence-electron chi connectivity index (χ2n) is 4.90. The van der Waals surface area contributed by atoms with E-state index >= 15 is 0 Å². The van der Waals surface area contributed by atoms with Crippen molar-refractivity contribution in [3.63, 3.8) is 0 Å². The quantitative estimate of drug-likeness (QED) is 0.849. The highest BCUT2D eigenvalue weighted by molar-refractivity contribution is 7.89. The van der Waals surface area contributed by atoms with Gasteiger partial charge in [0, 0.05) is 6.54 Å². The van der Waals surface area contributed by atoms with Gasteiger partial charge in [0.1, 0.15) is 9.92 Å². The van der Waals surface area contributed by atoms with E-state index in [1.165, 1.54) is 19.2 Å². The number of ether oxygens (including phenoxy) is 3. The number of rotatable bonds is 5. The number of nitrogens with one attached hydrogen (secondary N) is 1. The average Bonchev–Trinajstić information content (AvgIpc) is 3.03. The van der Waals surface area contributed by atoms with Crippen molar-refractivity contribution >= 4 is 33.2 Å². The van der Waals surface area contributed by atoms with Crippen LogP contribution in [0.3, 0.4) is 0 Å². The fourth-order valence-corrected chi connectivity index (χ4v) is 3.86. The molecule has 0 spiro atoms. The summed E-state index contributed by atoms with van der Waals surface area (Å²) < 4.78 is 43.1. The van der Waals surface area contributed by atoms with Crippen LogP contribution in [0.25, 0.3) is 0 Å². The van der Waals surface area contributed by atoms with Gasteiger partial charge < -0.3 is 14.2 Å². The minimum Gasteiger partial charge on any atom is -0.494 e. The van der Waals surface area contributed by atoms with Gasteiger partial charge in [-0.05, 0) is 29.8 Å². The van der Waals surface area contributed by atoms with E-state index in [9.17, 15) is 8.42 Å². The number of sulfonamides is 1. The predicted octanol–water partition coefficient (Wildman–Crippen LogP) is 3.21. The van der Waals surface area contributed by atoms with E-state index in [2.05, 4.69) is 4.72 Å². The van der Waals surface area contributed by atoms with Gasteiger partial charge in [-0.1, -0.05) is 29.3 Å². The first-order valence-electron chi connectivity index (χ1n) is 6.82. The van der Waals surface area contributed by atoms with Crippen LogP contribution in [0.4, 0.5) is 0 Å². The second kappa shape index (κ2) is 6.68. The zero-order valence-corrected chi connectivity index (χ0v) is 14.8. The van der Waals surface area contributed by atoms with E-state index in [0.717, 1.165) is 5.56 Å². The molecule has 128 valence electrons. The third kappa shape index (κ3) is 3.25. The highest BCUT2D eigenvalue weighted by atomic mass is 35.5. The summed E-state index contributed by atoms with van der Waals surface area (Å²) in [6.45, 7) is 0.230. The summed E-state index contributed by atoms with van der Waals surface area (Å²) in [5.74, 6) is 1.22. The highest BCUT2D eigenvalue weighted by Gasteiger charge is 2.23. The molecule has 1 aliphatic heterocycles. The molecule has 0 amide bonds. The highest BCUT2D eigenvalue weighted by Crippen LogP contribution is 2.37. The van der Waals surface area contributed by atoms with Crippen molar-refractivity contribution in [1.82, 2.24) is 4.72 Å². The van der Waals surface area contributed by atoms with Crippen LogP contribution in [-0.4, -0.2) is 22.3 Å². The van der Waals surface area contributed by atoms with Crippen molar-refractivity contribution in [1.29, 1.82) is 0 Å². The topological polar surface area (TPSA) is 73.9 Å². The molecule has 3 rings (SSSR count). The molecule has 0 aliphatic carbocycles. The Morgan fingerprint density at radius 2 is 1.92 bits per heavy atom. The fourth-order valence-electron chi connectivity index (χ4n) is 2.22. The molecular formula is C15H13Cl2NO5S. The summed E-state index contributed by atoms with van der Waals surface area (Å²) in [5, 5.41) is 0.258. The van der Waals surface area contributed by atoms with Gasteiger partial charge in [0.25, 0.3) is 0 Å². The van der Waals surface area contributed by atoms with Crippen molar-refractivity contribution in [2.24, 2.45) is 0 Å². The zero-order chi connectivity index (χ0) is 17.3. The number of benzene rings is 2. The molecule has 0 radical (unpaired) electrons. The molecule has 2 aromatic carbocycles. The number of hydrogen-bond donors (Lipinski definition) is 1. The normalized spacial score (nSPS) is 13.1. The van der Waals surface area contributed by atoms with E-state index in [1.807, 2.05) is 0 Å². The molecule has 24 heavy (non-hydrogen) atoms. The second-order valence-corrected chi connectivity index (χ2v) is 7.43. The molecule has 0 fully saturated rings. The van der Waals surface area contributed by atoms with Crippen LogP contribution in [-0.2, 0) is 16.6 Å². The Morgan fingerprint density at radius 1 is 1.17 bits per heavy atom. The first-order chi connectivity index (χ1) is 11.4. The van der Waals surface area contributed by atoms with E-state index < -0.39 is 10.0 Å². The molecule has 0 aromatic heterocycles. The summed E-state index contributed by atoms with van der Waals surface area (Å²) in [6.07, 6.45) is 0. The Kier molecular flexibility index (Phi) is 4.78. The van der Waals surface area contributed by atoms with Crippen LogP contribution in [0.1, 0.15) is 5.56 Å². The maximum atomic E-state index is 12.5. The largest absolute Gasteiger partial charge is 0.494 e. The van der Waals surface area contributed by atoms with Crippen LogP contribution >= 0.6 is 23.2 Å². The third-order valence-electron chi connectivity index (χ3n) is 3.41. The first-order valence-corrected chi connectivity index (χ1v) is 9.06. The third-order valence-corrected chi connectivity index (χ3v) is 5.62. The molecular weight excluding hydrogens is 377 g/mol. The summed E-state index contributed by atoms with van der Waals surface area (Å²) in [5.41, 5.74) is 0.724. The lowest BCUT2D eigenvalue weighted by atomic mass is 10.2. The maximum Gasteiger partial charge on any atom is 0.244 e. The van der Waals surface area contributed by atoms with Crippen molar-refractivity contribution in [2.75, 3.05) is 13.9 Å². The van der Waals surface area contributed by atoms with Crippen LogP contribution in [0.2, 0.25) is 10.0 Å². The lowest BCUT2D eigenvalue weighted by Gasteiger charge is -2.13. The van der Waals surface area contributed by atoms with Gasteiger partial charge in [-0.25, -0.2) is 13.1 Å². The van der Waals surface area contributed by atoms with Gasteiger partial charge in [-0.3, -0.25) is 0 Å². The van der Waals surface area contributed by atoms with Crippen LogP contribution in [0, 0.1) is 0 Å². The molecule has 0 atom stereocenters. The summed E-state index contributed by atoms with van der Waals surface area (Å²) >= 11 is 11.9. The number of fused-ring (bicyclic) bond motifs is 1. The van der Waals surface area contributed by atoms with Gasteiger partial charge in [0.05, 0.1) is 12.1 Å². The van der Waals surface area contributed by atoms with E-state index in [1.54, 1.807) is 18.2 Å². The molecule has 9 heteroatoms. The number of hydrogen-bond acceptors (Lipinski definition) is 5. The van der Waals surface area contributed by atoms with Crippen molar-refractivity contribution < 1.29 is 22.6 Å². The predicted molar refractivity (Wildman–Crippen MR) is 89.6 cm³/mol. The lowest BCUT2D eigenvalue weighted by Crippen LogP contribution is -2.23. The molecule has 6 nitrogen and oxygen atoms in total. The van der Waals surface area contributed by atoms with Gasteiger partial charge in [-0.15, -0.1) is 0 Å². The molecule has 0 unspecified atom stereocenters. The van der Waals surface area contributed by atoms with E-state index in [4.69, 9.17) is 37.4 Å². The molecule has 0 saturated heterocycles. The molecule has 0 saturated carbocycles. The Labute approximate surface area is 149 Å². The zero-order valence-electron chi connectivity index (χ0n) is 12.5. The van der Waals surface area contributed by atoms with E-state index in [-0.39, 0.29) is 34.0 Å². The first kappa shape index (κ1) is 17.2. The van der Waals surface area contributed by atoms with Gasteiger partial charge >= 0.3 is 0 Å². The number of methoxy groups -OCH3 is 1. The fraction of sp³-hybridized carbons (Fsp3) is 0.200. The van der Waals surface area contributed by atoms with Crippen molar-refractivity contribution in [3.05, 3.63) is 45.9 Å². The van der Waals surface area contributed by atoms with Crippen molar-refractivity contribution in [3.8, 4) is 17.2 Å². The van der Waals surface area contributed by atoms with Crippen LogP contribution in [0.5, 0.6) is 17.2 Å². The van der Waals surface area contributed by atoms with Gasteiger partial charge in [-0.2, -0.15) is 0 Å². The van der Waals surface area contributed by atoms with Gasteiger partial charge in [0.2, 0.25) is 16.8 Å². The minimum atomic E-state index is -3.84. The van der Waals surface area contributed by atoms with Crippen LogP contribution < -0.4 is 18.9 Å². The maximum absolute atomic E-state index is 12.5. The Balaban J connectivity index is 1.83. The SMILES string of the molecule is COc1c(S(=O)(=O)NCc2ccc3c(c2)OCO3)ccc(Cl)c1Cl. The smallest absolute Gasteiger partial charge is 0.244 e. The molecule has 2 aromatic rings. The standard InChI is InChI=1S/C15H13Cl2NO5S/c1-21-15-13(5-3-10(16)14(15)17)24(19,20)18-7-9-2-4-11-12(6-9)23-8-22-11/h2-6,18H,7-8H2,1H3. The van der Waals surface area contributed by atoms with Crippen molar-refractivity contribution in [2.45, 2.75) is 11.4 Å². The Bertz CT molecular complexity index is 886. The number of halogens is 2. The summed E-state index contributed by atoms with van der Waals surface area (Å²) in [4.78, 5) is -0.0832. The minimum absolute atomic E-state index is 0.00218. The Hall–Kier alpha value is -1.67. The lowest BCUT2D eigenvalue weighted by molar-refractivity contribution is 0.174. The summed E-state index contributed by atoms with van der Waals surface area (Å²) in [7, 11) is -2.52. The molecule has 1 aliphatic rings. The average molecular weight is 390 g/mol. The van der Waals surface area contributed by atoms with Crippen LogP contribution in [0.15, 0.2) is 35.2 Å². The molecule has 0 bridgehead atoms.